The lowest BCUT2D eigenvalue weighted by Gasteiger charge is -2.12. The molecule has 3 aromatic carbocycles. The lowest BCUT2D eigenvalue weighted by Crippen LogP contribution is -2.11. The summed E-state index contributed by atoms with van der Waals surface area (Å²) in [5.74, 6) is 0.768. The highest BCUT2D eigenvalue weighted by Gasteiger charge is 2.13. The summed E-state index contributed by atoms with van der Waals surface area (Å²) in [4.78, 5) is 8.11. The molecule has 0 saturated heterocycles. The first-order chi connectivity index (χ1) is 15.2. The molecule has 0 bridgehead atoms. The Morgan fingerprint density at radius 1 is 1.03 bits per heavy atom. The van der Waals surface area contributed by atoms with Gasteiger partial charge in [0, 0.05) is 28.7 Å². The number of nitrogens with one attached hydrogen (secondary N) is 2. The average molecular weight is 426 g/mol. The van der Waals surface area contributed by atoms with Crippen LogP contribution in [0.2, 0.25) is 5.02 Å². The van der Waals surface area contributed by atoms with Crippen LogP contribution < -0.4 is 5.32 Å². The second kappa shape index (κ2) is 8.17. The maximum atomic E-state index is 9.26. The Morgan fingerprint density at radius 2 is 1.87 bits per heavy atom. The van der Waals surface area contributed by atoms with Crippen LogP contribution in [-0.4, -0.2) is 21.1 Å². The van der Waals surface area contributed by atoms with Gasteiger partial charge >= 0.3 is 0 Å². The summed E-state index contributed by atoms with van der Waals surface area (Å²) in [5.41, 5.74) is 5.79. The molecule has 2 aromatic heterocycles. The molecule has 0 aliphatic carbocycles. The van der Waals surface area contributed by atoms with Gasteiger partial charge in [0.25, 0.3) is 0 Å². The van der Waals surface area contributed by atoms with Gasteiger partial charge in [0.05, 0.1) is 29.2 Å². The van der Waals surface area contributed by atoms with Crippen LogP contribution >= 0.6 is 11.6 Å². The van der Waals surface area contributed by atoms with Crippen LogP contribution in [0.25, 0.3) is 21.9 Å². The number of imidazole rings is 1. The second-order valence-electron chi connectivity index (χ2n) is 7.46. The van der Waals surface area contributed by atoms with Crippen LogP contribution in [0.15, 0.2) is 72.9 Å². The molecule has 2 heterocycles. The summed E-state index contributed by atoms with van der Waals surface area (Å²) in [7, 11) is 0. The molecular weight excluding hydrogens is 406 g/mol. The van der Waals surface area contributed by atoms with E-state index in [-0.39, 0.29) is 0 Å². The van der Waals surface area contributed by atoms with Gasteiger partial charge in [0.15, 0.2) is 0 Å². The monoisotopic (exact) mass is 425 g/mol. The average Bonchev–Trinajstić information content (AvgIpc) is 3.36. The molecular formula is C25H20ClN5. The molecule has 0 amide bonds. The van der Waals surface area contributed by atoms with Gasteiger partial charge in [-0.2, -0.15) is 5.26 Å². The van der Waals surface area contributed by atoms with E-state index in [9.17, 15) is 5.26 Å². The molecule has 0 saturated carbocycles. The van der Waals surface area contributed by atoms with Crippen molar-refractivity contribution >= 4 is 39.5 Å². The Balaban J connectivity index is 1.45. The molecule has 0 fully saturated rings. The third-order valence-electron chi connectivity index (χ3n) is 5.52. The summed E-state index contributed by atoms with van der Waals surface area (Å²) in [6, 6.07) is 23.9. The maximum absolute atomic E-state index is 9.26. The highest BCUT2D eigenvalue weighted by molar-refractivity contribution is 6.31. The minimum Gasteiger partial charge on any atom is -0.361 e. The summed E-state index contributed by atoms with van der Waals surface area (Å²) in [6.45, 7) is 1.33. The van der Waals surface area contributed by atoms with Crippen molar-refractivity contribution in [2.75, 3.05) is 11.9 Å². The van der Waals surface area contributed by atoms with Gasteiger partial charge in [0.2, 0.25) is 5.95 Å². The number of benzene rings is 3. The van der Waals surface area contributed by atoms with Crippen LogP contribution in [0.3, 0.4) is 0 Å². The number of hydrogen-bond acceptors (Lipinski definition) is 3. The summed E-state index contributed by atoms with van der Waals surface area (Å²) < 4.78 is 2.12. The molecule has 6 heteroatoms. The standard InChI is InChI=1S/C25H20ClN5/c26-21-7-3-1-5-19(21)16-31-24-10-9-17(14-27)13-23(24)30-25(31)28-12-11-18-15-29-22-8-4-2-6-20(18)22/h1-10,13,15,29H,11-12,16H2,(H,28,30). The summed E-state index contributed by atoms with van der Waals surface area (Å²) in [5, 5.41) is 14.7. The van der Waals surface area contributed by atoms with E-state index in [1.54, 1.807) is 0 Å². The van der Waals surface area contributed by atoms with Crippen LogP contribution in [0.5, 0.6) is 0 Å². The predicted molar refractivity (Wildman–Crippen MR) is 125 cm³/mol. The Morgan fingerprint density at radius 3 is 2.74 bits per heavy atom. The number of fused-ring (bicyclic) bond motifs is 2. The highest BCUT2D eigenvalue weighted by atomic mass is 35.5. The van der Waals surface area contributed by atoms with Crippen molar-refractivity contribution in [3.8, 4) is 6.07 Å². The molecule has 5 nitrogen and oxygen atoms in total. The fourth-order valence-corrected chi connectivity index (χ4v) is 4.13. The smallest absolute Gasteiger partial charge is 0.204 e. The number of anilines is 1. The zero-order chi connectivity index (χ0) is 21.2. The van der Waals surface area contributed by atoms with E-state index in [0.717, 1.165) is 46.1 Å². The van der Waals surface area contributed by atoms with E-state index < -0.39 is 0 Å². The minimum atomic E-state index is 0.595. The molecule has 0 spiro atoms. The fraction of sp³-hybridized carbons (Fsp3) is 0.120. The molecule has 5 aromatic rings. The molecule has 152 valence electrons. The predicted octanol–water partition coefficient (Wildman–Crippen LogP) is 5.75. The van der Waals surface area contributed by atoms with Crippen molar-refractivity contribution < 1.29 is 0 Å². The van der Waals surface area contributed by atoms with E-state index in [1.165, 1.54) is 10.9 Å². The number of aromatic nitrogens is 3. The van der Waals surface area contributed by atoms with Gasteiger partial charge in [-0.1, -0.05) is 48.0 Å². The molecule has 5 rings (SSSR count). The van der Waals surface area contributed by atoms with Crippen LogP contribution in [0.1, 0.15) is 16.7 Å². The molecule has 2 N–H and O–H groups in total. The largest absolute Gasteiger partial charge is 0.361 e. The number of para-hydroxylation sites is 1. The number of nitriles is 1. The first-order valence-corrected chi connectivity index (χ1v) is 10.5. The van der Waals surface area contributed by atoms with E-state index in [2.05, 4.69) is 45.3 Å². The van der Waals surface area contributed by atoms with Crippen LogP contribution in [-0.2, 0) is 13.0 Å². The number of aromatic amines is 1. The molecule has 0 aliphatic rings. The van der Waals surface area contributed by atoms with Gasteiger partial charge in [0.1, 0.15) is 0 Å². The number of nitrogens with zero attached hydrogens (tertiary/aromatic N) is 3. The van der Waals surface area contributed by atoms with Crippen molar-refractivity contribution in [2.24, 2.45) is 0 Å². The first kappa shape index (κ1) is 19.2. The SMILES string of the molecule is N#Cc1ccc2c(c1)nc(NCCc1c[nH]c3ccccc13)n2Cc1ccccc1Cl. The molecule has 0 atom stereocenters. The van der Waals surface area contributed by atoms with E-state index >= 15 is 0 Å². The summed E-state index contributed by atoms with van der Waals surface area (Å²) >= 11 is 6.42. The van der Waals surface area contributed by atoms with Crippen molar-refractivity contribution in [3.63, 3.8) is 0 Å². The van der Waals surface area contributed by atoms with E-state index in [0.29, 0.717) is 12.1 Å². The van der Waals surface area contributed by atoms with E-state index in [1.807, 2.05) is 48.5 Å². The molecule has 0 unspecified atom stereocenters. The van der Waals surface area contributed by atoms with Gasteiger partial charge < -0.3 is 14.9 Å². The minimum absolute atomic E-state index is 0.595. The molecule has 31 heavy (non-hydrogen) atoms. The third kappa shape index (κ3) is 3.74. The van der Waals surface area contributed by atoms with Crippen LogP contribution in [0, 0.1) is 11.3 Å². The first-order valence-electron chi connectivity index (χ1n) is 10.2. The number of H-pyrrole nitrogens is 1. The van der Waals surface area contributed by atoms with Crippen molar-refractivity contribution in [1.29, 1.82) is 5.26 Å². The number of rotatable bonds is 6. The summed E-state index contributed by atoms with van der Waals surface area (Å²) in [6.07, 6.45) is 2.93. The Kier molecular flexibility index (Phi) is 5.07. The number of halogens is 1. The van der Waals surface area contributed by atoms with Crippen LogP contribution in [0.4, 0.5) is 5.95 Å². The normalized spacial score (nSPS) is 11.1. The van der Waals surface area contributed by atoms with Crippen molar-refractivity contribution in [3.05, 3.63) is 94.6 Å². The van der Waals surface area contributed by atoms with Gasteiger partial charge in [-0.15, -0.1) is 0 Å². The number of hydrogen-bond donors (Lipinski definition) is 2. The Hall–Kier alpha value is -3.75. The Labute approximate surface area is 184 Å². The third-order valence-corrected chi connectivity index (χ3v) is 5.88. The zero-order valence-electron chi connectivity index (χ0n) is 16.8. The van der Waals surface area contributed by atoms with Gasteiger partial charge in [-0.25, -0.2) is 4.98 Å². The highest BCUT2D eigenvalue weighted by Crippen LogP contribution is 2.25. The lowest BCUT2D eigenvalue weighted by atomic mass is 10.1. The maximum Gasteiger partial charge on any atom is 0.204 e. The van der Waals surface area contributed by atoms with Gasteiger partial charge in [-0.05, 0) is 47.9 Å². The van der Waals surface area contributed by atoms with Crippen molar-refractivity contribution in [2.45, 2.75) is 13.0 Å². The van der Waals surface area contributed by atoms with Gasteiger partial charge in [-0.3, -0.25) is 0 Å². The second-order valence-corrected chi connectivity index (χ2v) is 7.87. The quantitative estimate of drug-likeness (QED) is 0.364. The fourth-order valence-electron chi connectivity index (χ4n) is 3.94. The topological polar surface area (TPSA) is 69.4 Å². The molecule has 0 radical (unpaired) electrons. The molecule has 0 aliphatic heterocycles. The zero-order valence-corrected chi connectivity index (χ0v) is 17.5. The van der Waals surface area contributed by atoms with E-state index in [4.69, 9.17) is 16.6 Å². The lowest BCUT2D eigenvalue weighted by molar-refractivity contribution is 0.820. The van der Waals surface area contributed by atoms with Crippen molar-refractivity contribution in [1.82, 2.24) is 14.5 Å². The Bertz CT molecular complexity index is 1420.